The van der Waals surface area contributed by atoms with Crippen molar-refractivity contribution in [3.63, 3.8) is 0 Å². The van der Waals surface area contributed by atoms with Crippen molar-refractivity contribution in [2.75, 3.05) is 27.1 Å². The molecule has 0 saturated heterocycles. The first-order chi connectivity index (χ1) is 14.1. The van der Waals surface area contributed by atoms with Gasteiger partial charge in [-0.25, -0.2) is 4.98 Å². The Balaban J connectivity index is 1.68. The number of thioether (sulfide) groups is 1. The maximum absolute atomic E-state index is 12.4. The van der Waals surface area contributed by atoms with Gasteiger partial charge in [0, 0.05) is 5.56 Å². The summed E-state index contributed by atoms with van der Waals surface area (Å²) in [6, 6.07) is 12.4. The first-order valence-electron chi connectivity index (χ1n) is 8.91. The summed E-state index contributed by atoms with van der Waals surface area (Å²) in [6.07, 6.45) is 1.98. The van der Waals surface area contributed by atoms with E-state index in [-0.39, 0.29) is 18.9 Å². The fraction of sp³-hybridized carbons (Fsp3) is 0.286. The minimum atomic E-state index is -0.496. The van der Waals surface area contributed by atoms with Crippen LogP contribution in [0.5, 0.6) is 11.5 Å². The monoisotopic (exact) mass is 414 g/mol. The van der Waals surface area contributed by atoms with Crippen LogP contribution in [0.15, 0.2) is 42.5 Å². The number of ketones is 1. The van der Waals surface area contributed by atoms with Crippen molar-refractivity contribution in [1.29, 1.82) is 0 Å². The molecular formula is C21H22N2O5S. The number of ether oxygens (including phenoxy) is 3. The van der Waals surface area contributed by atoms with E-state index in [1.807, 2.05) is 35.1 Å². The number of carbonyl (C=O) groups excluding carboxylic acids is 2. The summed E-state index contributed by atoms with van der Waals surface area (Å²) in [7, 11) is 3.01. The molecule has 0 aliphatic heterocycles. The van der Waals surface area contributed by atoms with Crippen LogP contribution in [0.2, 0.25) is 0 Å². The Hall–Kier alpha value is -3.00. The SMILES string of the molecule is COc1ccc(C(=O)COC(=O)Cn2c(CSC)nc3ccccc32)cc1OC. The number of rotatable bonds is 9. The van der Waals surface area contributed by atoms with Gasteiger partial charge in [-0.1, -0.05) is 12.1 Å². The smallest absolute Gasteiger partial charge is 0.326 e. The molecule has 29 heavy (non-hydrogen) atoms. The average molecular weight is 414 g/mol. The molecule has 3 rings (SSSR count). The predicted molar refractivity (Wildman–Crippen MR) is 112 cm³/mol. The Bertz CT molecular complexity index is 1030. The van der Waals surface area contributed by atoms with E-state index in [0.717, 1.165) is 16.9 Å². The zero-order valence-corrected chi connectivity index (χ0v) is 17.3. The Labute approximate surface area is 173 Å². The molecule has 0 spiro atoms. The predicted octanol–water partition coefficient (Wildman–Crippen LogP) is 3.34. The summed E-state index contributed by atoms with van der Waals surface area (Å²) in [5, 5.41) is 0. The van der Waals surface area contributed by atoms with Gasteiger partial charge in [-0.2, -0.15) is 11.8 Å². The summed E-state index contributed by atoms with van der Waals surface area (Å²) in [4.78, 5) is 29.4. The molecule has 2 aromatic carbocycles. The number of methoxy groups -OCH3 is 2. The van der Waals surface area contributed by atoms with Crippen LogP contribution < -0.4 is 9.47 Å². The molecule has 0 aliphatic rings. The first-order valence-corrected chi connectivity index (χ1v) is 10.3. The number of para-hydroxylation sites is 2. The molecule has 0 N–H and O–H groups in total. The molecule has 8 heteroatoms. The van der Waals surface area contributed by atoms with Gasteiger partial charge in [-0.3, -0.25) is 9.59 Å². The molecule has 0 bridgehead atoms. The number of aromatic nitrogens is 2. The Morgan fingerprint density at radius 3 is 2.55 bits per heavy atom. The Morgan fingerprint density at radius 2 is 1.83 bits per heavy atom. The minimum absolute atomic E-state index is 0.00434. The fourth-order valence-electron chi connectivity index (χ4n) is 2.95. The maximum Gasteiger partial charge on any atom is 0.326 e. The highest BCUT2D eigenvalue weighted by Crippen LogP contribution is 2.27. The van der Waals surface area contributed by atoms with Gasteiger partial charge < -0.3 is 18.8 Å². The molecule has 7 nitrogen and oxygen atoms in total. The summed E-state index contributed by atoms with van der Waals surface area (Å²) < 4.78 is 17.4. The molecule has 0 saturated carbocycles. The molecule has 1 aromatic heterocycles. The van der Waals surface area contributed by atoms with Crippen LogP contribution in [0, 0.1) is 0 Å². The molecule has 0 unspecified atom stereocenters. The average Bonchev–Trinajstić information content (AvgIpc) is 3.08. The van der Waals surface area contributed by atoms with Gasteiger partial charge in [0.05, 0.1) is 31.0 Å². The van der Waals surface area contributed by atoms with Crippen molar-refractivity contribution in [1.82, 2.24) is 9.55 Å². The second-order valence-electron chi connectivity index (χ2n) is 6.19. The van der Waals surface area contributed by atoms with Crippen molar-refractivity contribution >= 4 is 34.5 Å². The lowest BCUT2D eigenvalue weighted by Gasteiger charge is -2.10. The number of hydrogen-bond acceptors (Lipinski definition) is 7. The van der Waals surface area contributed by atoms with Crippen LogP contribution in [0.1, 0.15) is 16.2 Å². The molecule has 1 heterocycles. The molecule has 0 fully saturated rings. The van der Waals surface area contributed by atoms with Crippen LogP contribution in [0.3, 0.4) is 0 Å². The number of hydrogen-bond donors (Lipinski definition) is 0. The van der Waals surface area contributed by atoms with Gasteiger partial charge in [0.15, 0.2) is 23.9 Å². The lowest BCUT2D eigenvalue weighted by atomic mass is 10.1. The molecule has 0 radical (unpaired) electrons. The third kappa shape index (κ3) is 4.71. The normalized spacial score (nSPS) is 10.7. The van der Waals surface area contributed by atoms with Crippen LogP contribution in [-0.4, -0.2) is 48.4 Å². The molecule has 152 valence electrons. The van der Waals surface area contributed by atoms with Crippen molar-refractivity contribution in [3.8, 4) is 11.5 Å². The Kier molecular flexibility index (Phi) is 6.77. The number of nitrogens with zero attached hydrogens (tertiary/aromatic N) is 2. The zero-order chi connectivity index (χ0) is 20.8. The van der Waals surface area contributed by atoms with E-state index in [4.69, 9.17) is 14.2 Å². The highest BCUT2D eigenvalue weighted by molar-refractivity contribution is 7.97. The number of benzene rings is 2. The largest absolute Gasteiger partial charge is 0.493 e. The van der Waals surface area contributed by atoms with E-state index in [0.29, 0.717) is 22.8 Å². The molecule has 0 amide bonds. The standard InChI is InChI=1S/C21H22N2O5S/c1-26-18-9-8-14(10-19(18)27-2)17(24)12-28-21(25)11-23-16-7-5-4-6-15(16)22-20(23)13-29-3/h4-10H,11-13H2,1-3H3. The third-order valence-electron chi connectivity index (χ3n) is 4.36. The highest BCUT2D eigenvalue weighted by atomic mass is 32.2. The van der Waals surface area contributed by atoms with Crippen LogP contribution in [0.25, 0.3) is 11.0 Å². The highest BCUT2D eigenvalue weighted by Gasteiger charge is 2.16. The quantitative estimate of drug-likeness (QED) is 0.392. The first kappa shape index (κ1) is 20.7. The summed E-state index contributed by atoms with van der Waals surface area (Å²) in [5.41, 5.74) is 2.07. The molecular weight excluding hydrogens is 392 g/mol. The van der Waals surface area contributed by atoms with Gasteiger partial charge in [-0.05, 0) is 36.6 Å². The summed E-state index contributed by atoms with van der Waals surface area (Å²) >= 11 is 1.62. The number of Topliss-reactive ketones (excluding diaryl/α,β-unsaturated/α-hetero) is 1. The number of carbonyl (C=O) groups is 2. The molecule has 3 aromatic rings. The van der Waals surface area contributed by atoms with Crippen LogP contribution in [0.4, 0.5) is 0 Å². The van der Waals surface area contributed by atoms with Gasteiger partial charge in [0.2, 0.25) is 0 Å². The van der Waals surface area contributed by atoms with Crippen molar-refractivity contribution in [2.24, 2.45) is 0 Å². The molecule has 0 aliphatic carbocycles. The summed E-state index contributed by atoms with van der Waals surface area (Å²) in [5.74, 6) is 1.61. The van der Waals surface area contributed by atoms with E-state index in [9.17, 15) is 9.59 Å². The van der Waals surface area contributed by atoms with E-state index < -0.39 is 5.97 Å². The van der Waals surface area contributed by atoms with E-state index in [1.165, 1.54) is 14.2 Å². The van der Waals surface area contributed by atoms with Gasteiger partial charge in [0.1, 0.15) is 12.4 Å². The number of esters is 1. The van der Waals surface area contributed by atoms with Crippen molar-refractivity contribution in [3.05, 3.63) is 53.9 Å². The van der Waals surface area contributed by atoms with Crippen LogP contribution >= 0.6 is 11.8 Å². The van der Waals surface area contributed by atoms with Gasteiger partial charge in [0.25, 0.3) is 0 Å². The topological polar surface area (TPSA) is 79.7 Å². The minimum Gasteiger partial charge on any atom is -0.493 e. The Morgan fingerprint density at radius 1 is 1.07 bits per heavy atom. The van der Waals surface area contributed by atoms with E-state index >= 15 is 0 Å². The fourth-order valence-corrected chi connectivity index (χ4v) is 3.43. The van der Waals surface area contributed by atoms with Gasteiger partial charge >= 0.3 is 5.97 Å². The van der Waals surface area contributed by atoms with Crippen LogP contribution in [-0.2, 0) is 21.8 Å². The van der Waals surface area contributed by atoms with E-state index in [1.54, 1.807) is 30.0 Å². The van der Waals surface area contributed by atoms with Crippen molar-refractivity contribution < 1.29 is 23.8 Å². The maximum atomic E-state index is 12.4. The second-order valence-corrected chi connectivity index (χ2v) is 7.06. The van der Waals surface area contributed by atoms with E-state index in [2.05, 4.69) is 4.98 Å². The lowest BCUT2D eigenvalue weighted by molar-refractivity contribution is -0.143. The van der Waals surface area contributed by atoms with Gasteiger partial charge in [-0.15, -0.1) is 0 Å². The number of fused-ring (bicyclic) bond motifs is 1. The number of imidazole rings is 1. The second kappa shape index (κ2) is 9.47. The third-order valence-corrected chi connectivity index (χ3v) is 4.91. The lowest BCUT2D eigenvalue weighted by Crippen LogP contribution is -2.19. The van der Waals surface area contributed by atoms with Crippen molar-refractivity contribution in [2.45, 2.75) is 12.3 Å². The zero-order valence-electron chi connectivity index (χ0n) is 16.5. The molecule has 0 atom stereocenters. The summed E-state index contributed by atoms with van der Waals surface area (Å²) in [6.45, 7) is -0.353.